The average molecular weight is 289 g/mol. The fourth-order valence-corrected chi connectivity index (χ4v) is 2.63. The number of fused-ring (bicyclic) bond motifs is 1. The fraction of sp³-hybridized carbons (Fsp3) is 0.308. The molecule has 1 aromatic rings. The lowest BCUT2D eigenvalue weighted by atomic mass is 10.0. The molecule has 2 aliphatic heterocycles. The molecule has 0 spiro atoms. The maximum Gasteiger partial charge on any atom is 0.321 e. The number of amides is 4. The second kappa shape index (κ2) is 4.97. The van der Waals surface area contributed by atoms with Crippen molar-refractivity contribution in [3.05, 3.63) is 35.9 Å². The minimum Gasteiger partial charge on any atom is -0.548 e. The van der Waals surface area contributed by atoms with Crippen molar-refractivity contribution >= 4 is 18.0 Å². The van der Waals surface area contributed by atoms with Gasteiger partial charge >= 0.3 is 12.1 Å². The normalized spacial score (nSPS) is 24.9. The van der Waals surface area contributed by atoms with Crippen LogP contribution in [0.5, 0.6) is 0 Å². The number of urea groups is 2. The van der Waals surface area contributed by atoms with Crippen LogP contribution < -0.4 is 21.1 Å². The zero-order valence-electron chi connectivity index (χ0n) is 10.9. The SMILES string of the molecule is O=C1N[C@H]2NC(=O)N([C@@H](Cc3ccccc3)C(=O)[O-])[C@@H]2N1. The summed E-state index contributed by atoms with van der Waals surface area (Å²) in [6, 6.07) is 6.76. The van der Waals surface area contributed by atoms with Crippen molar-refractivity contribution < 1.29 is 19.5 Å². The third-order valence-corrected chi connectivity index (χ3v) is 3.57. The summed E-state index contributed by atoms with van der Waals surface area (Å²) in [5.41, 5.74) is 0.764. The Hall–Kier alpha value is -2.77. The summed E-state index contributed by atoms with van der Waals surface area (Å²) in [5, 5.41) is 19.0. The summed E-state index contributed by atoms with van der Waals surface area (Å²) in [4.78, 5) is 35.8. The lowest BCUT2D eigenvalue weighted by Gasteiger charge is -2.31. The van der Waals surface area contributed by atoms with Gasteiger partial charge in [0.15, 0.2) is 0 Å². The first kappa shape index (κ1) is 13.2. The molecule has 0 radical (unpaired) electrons. The van der Waals surface area contributed by atoms with Gasteiger partial charge in [0, 0.05) is 0 Å². The number of rotatable bonds is 4. The van der Waals surface area contributed by atoms with Gasteiger partial charge in [0.2, 0.25) is 0 Å². The molecule has 2 saturated heterocycles. The first-order valence-electron chi connectivity index (χ1n) is 6.47. The second-order valence-electron chi connectivity index (χ2n) is 4.92. The minimum atomic E-state index is -1.36. The predicted molar refractivity (Wildman–Crippen MR) is 68.6 cm³/mol. The molecule has 3 N–H and O–H groups in total. The summed E-state index contributed by atoms with van der Waals surface area (Å²) in [6.45, 7) is 0. The average Bonchev–Trinajstić information content (AvgIpc) is 2.92. The molecule has 4 amide bonds. The topological polar surface area (TPSA) is 114 Å². The Bertz CT molecular complexity index is 591. The molecular weight excluding hydrogens is 276 g/mol. The Morgan fingerprint density at radius 3 is 2.57 bits per heavy atom. The van der Waals surface area contributed by atoms with E-state index in [0.717, 1.165) is 10.5 Å². The minimum absolute atomic E-state index is 0.107. The molecule has 0 unspecified atom stereocenters. The molecule has 0 aliphatic carbocycles. The summed E-state index contributed by atoms with van der Waals surface area (Å²) < 4.78 is 0. The molecule has 2 heterocycles. The summed E-state index contributed by atoms with van der Waals surface area (Å²) >= 11 is 0. The van der Waals surface area contributed by atoms with Crippen molar-refractivity contribution in [1.29, 1.82) is 0 Å². The van der Waals surface area contributed by atoms with E-state index in [9.17, 15) is 19.5 Å². The zero-order valence-corrected chi connectivity index (χ0v) is 10.9. The van der Waals surface area contributed by atoms with Crippen LogP contribution in [0.4, 0.5) is 9.59 Å². The number of carboxylic acid groups (broad SMARTS) is 1. The Morgan fingerprint density at radius 2 is 1.90 bits per heavy atom. The lowest BCUT2D eigenvalue weighted by molar-refractivity contribution is -0.311. The van der Waals surface area contributed by atoms with Gasteiger partial charge in [0.1, 0.15) is 12.3 Å². The molecule has 0 bridgehead atoms. The number of nitrogens with one attached hydrogen (secondary N) is 3. The molecule has 3 rings (SSSR count). The fourth-order valence-electron chi connectivity index (χ4n) is 2.63. The van der Waals surface area contributed by atoms with Crippen LogP contribution in [0.3, 0.4) is 0 Å². The van der Waals surface area contributed by atoms with Gasteiger partial charge in [-0.2, -0.15) is 0 Å². The Morgan fingerprint density at radius 1 is 1.19 bits per heavy atom. The van der Waals surface area contributed by atoms with Crippen LogP contribution in [-0.4, -0.2) is 41.3 Å². The molecule has 0 aromatic heterocycles. The zero-order chi connectivity index (χ0) is 15.0. The van der Waals surface area contributed by atoms with Gasteiger partial charge < -0.3 is 25.9 Å². The smallest absolute Gasteiger partial charge is 0.321 e. The van der Waals surface area contributed by atoms with Crippen molar-refractivity contribution in [2.45, 2.75) is 24.8 Å². The molecular formula is C13H13N4O4-. The van der Waals surface area contributed by atoms with Crippen LogP contribution in [0.15, 0.2) is 30.3 Å². The van der Waals surface area contributed by atoms with Crippen molar-refractivity contribution in [1.82, 2.24) is 20.9 Å². The van der Waals surface area contributed by atoms with E-state index in [-0.39, 0.29) is 6.42 Å². The Balaban J connectivity index is 1.85. The molecule has 1 aromatic carbocycles. The number of carbonyl (C=O) groups excluding carboxylic acids is 3. The number of carbonyl (C=O) groups is 3. The highest BCUT2D eigenvalue weighted by atomic mass is 16.4. The highest BCUT2D eigenvalue weighted by molar-refractivity contribution is 5.88. The molecule has 2 aliphatic rings. The third kappa shape index (κ3) is 2.35. The lowest BCUT2D eigenvalue weighted by Crippen LogP contribution is -2.56. The number of aliphatic carboxylic acids is 1. The van der Waals surface area contributed by atoms with E-state index >= 15 is 0 Å². The van der Waals surface area contributed by atoms with E-state index in [2.05, 4.69) is 16.0 Å². The number of nitrogens with zero attached hydrogens (tertiary/aromatic N) is 1. The Kier molecular flexibility index (Phi) is 3.13. The predicted octanol–water partition coefficient (Wildman–Crippen LogP) is -1.66. The standard InChI is InChI=1S/C13H14N4O4/c18-11(19)8(6-7-4-2-1-3-5-7)17-10-9(15-13(17)21)14-12(20)16-10/h1-5,8-10H,6H2,(H,15,21)(H,18,19)(H2,14,16,20)/p-1/t8-,9-,10-/m0/s1. The van der Waals surface area contributed by atoms with E-state index in [0.29, 0.717) is 0 Å². The van der Waals surface area contributed by atoms with Crippen molar-refractivity contribution in [2.24, 2.45) is 0 Å². The number of carboxylic acids is 1. The summed E-state index contributed by atoms with van der Waals surface area (Å²) in [7, 11) is 0. The van der Waals surface area contributed by atoms with Gasteiger partial charge in [0.25, 0.3) is 0 Å². The van der Waals surface area contributed by atoms with Crippen LogP contribution >= 0.6 is 0 Å². The molecule has 3 atom stereocenters. The van der Waals surface area contributed by atoms with Crippen molar-refractivity contribution in [3.63, 3.8) is 0 Å². The van der Waals surface area contributed by atoms with E-state index in [4.69, 9.17) is 0 Å². The molecule has 8 heteroatoms. The van der Waals surface area contributed by atoms with Crippen molar-refractivity contribution in [2.75, 3.05) is 0 Å². The molecule has 21 heavy (non-hydrogen) atoms. The quantitative estimate of drug-likeness (QED) is 0.615. The summed E-state index contributed by atoms with van der Waals surface area (Å²) in [6.07, 6.45) is -1.27. The maximum atomic E-state index is 12.0. The molecule has 0 saturated carbocycles. The van der Waals surface area contributed by atoms with Gasteiger partial charge in [-0.1, -0.05) is 30.3 Å². The van der Waals surface area contributed by atoms with Crippen LogP contribution in [0.1, 0.15) is 5.56 Å². The number of hydrogen-bond donors (Lipinski definition) is 3. The third-order valence-electron chi connectivity index (χ3n) is 3.57. The second-order valence-corrected chi connectivity index (χ2v) is 4.92. The first-order chi connectivity index (χ1) is 10.1. The van der Waals surface area contributed by atoms with E-state index in [1.54, 1.807) is 24.3 Å². The molecule has 110 valence electrons. The van der Waals surface area contributed by atoms with Gasteiger partial charge in [0.05, 0.1) is 12.0 Å². The largest absolute Gasteiger partial charge is 0.548 e. The maximum absolute atomic E-state index is 12.0. The highest BCUT2D eigenvalue weighted by Gasteiger charge is 2.48. The van der Waals surface area contributed by atoms with Crippen molar-refractivity contribution in [3.8, 4) is 0 Å². The highest BCUT2D eigenvalue weighted by Crippen LogP contribution is 2.19. The van der Waals surface area contributed by atoms with Crippen LogP contribution in [-0.2, 0) is 11.2 Å². The van der Waals surface area contributed by atoms with Crippen LogP contribution in [0, 0.1) is 0 Å². The van der Waals surface area contributed by atoms with E-state index in [1.807, 2.05) is 6.07 Å². The summed E-state index contributed by atoms with van der Waals surface area (Å²) in [5.74, 6) is -1.36. The van der Waals surface area contributed by atoms with Crippen LogP contribution in [0.2, 0.25) is 0 Å². The molecule has 8 nitrogen and oxygen atoms in total. The van der Waals surface area contributed by atoms with Crippen LogP contribution in [0.25, 0.3) is 0 Å². The number of hydrogen-bond acceptors (Lipinski definition) is 4. The number of benzene rings is 1. The Labute approximate surface area is 120 Å². The first-order valence-corrected chi connectivity index (χ1v) is 6.47. The van der Waals surface area contributed by atoms with Gasteiger partial charge in [-0.15, -0.1) is 0 Å². The molecule has 2 fully saturated rings. The van der Waals surface area contributed by atoms with Gasteiger partial charge in [-0.25, -0.2) is 9.59 Å². The van der Waals surface area contributed by atoms with Gasteiger partial charge in [-0.3, -0.25) is 4.90 Å². The monoisotopic (exact) mass is 289 g/mol. The van der Waals surface area contributed by atoms with E-state index in [1.165, 1.54) is 0 Å². The van der Waals surface area contributed by atoms with Gasteiger partial charge in [-0.05, 0) is 12.0 Å². The van der Waals surface area contributed by atoms with E-state index < -0.39 is 36.4 Å².